The van der Waals surface area contributed by atoms with Crippen molar-refractivity contribution >= 4 is 44.9 Å². The van der Waals surface area contributed by atoms with Crippen molar-refractivity contribution in [3.05, 3.63) is 136 Å². The lowest BCUT2D eigenvalue weighted by molar-refractivity contribution is 0.334. The minimum atomic E-state index is -2.85. The molecule has 7 rings (SSSR count). The van der Waals surface area contributed by atoms with Crippen molar-refractivity contribution in [2.45, 2.75) is 0 Å². The molecule has 0 aliphatic rings. The Morgan fingerprint density at radius 1 is 0.380 bits per heavy atom. The lowest BCUT2D eigenvalue weighted by Gasteiger charge is -2.23. The molecule has 0 saturated carbocycles. The molecule has 252 valence electrons. The zero-order valence-electron chi connectivity index (χ0n) is 24.1. The minimum Gasteiger partial charge on any atom is -0.521 e. The van der Waals surface area contributed by atoms with Crippen LogP contribution in [-0.4, -0.2) is 7.12 Å². The second-order valence-electron chi connectivity index (χ2n) is 10.7. The number of para-hydroxylation sites is 1. The summed E-state index contributed by atoms with van der Waals surface area (Å²) in [5.74, 6) is -30.6. The number of hydrogen-bond acceptors (Lipinski definition) is 2. The molecule has 0 atom stereocenters. The summed E-state index contributed by atoms with van der Waals surface area (Å²) < 4.78 is 203. The van der Waals surface area contributed by atoms with Crippen LogP contribution in [0.4, 0.5) is 57.1 Å². The van der Waals surface area contributed by atoms with Gasteiger partial charge in [-0.2, -0.15) is 8.78 Å². The Morgan fingerprint density at radius 2 is 0.960 bits per heavy atom. The Labute approximate surface area is 270 Å². The van der Waals surface area contributed by atoms with Gasteiger partial charge >= 0.3 is 7.12 Å². The van der Waals surface area contributed by atoms with E-state index in [0.717, 1.165) is 48.5 Å². The quantitative estimate of drug-likeness (QED) is 0.0563. The van der Waals surface area contributed by atoms with Crippen molar-refractivity contribution in [1.29, 1.82) is 0 Å². The summed E-state index contributed by atoms with van der Waals surface area (Å²) in [6.07, 6.45) is 0. The fourth-order valence-electron chi connectivity index (χ4n) is 5.78. The van der Waals surface area contributed by atoms with Crippen molar-refractivity contribution < 1.29 is 66.4 Å². The van der Waals surface area contributed by atoms with Crippen LogP contribution in [-0.2, 0) is 0 Å². The van der Waals surface area contributed by atoms with E-state index in [-0.39, 0.29) is 5.39 Å². The van der Waals surface area contributed by atoms with Crippen LogP contribution in [0.2, 0.25) is 0 Å². The molecule has 0 bridgehead atoms. The van der Waals surface area contributed by atoms with Gasteiger partial charge in [0.25, 0.3) is 0 Å². The summed E-state index contributed by atoms with van der Waals surface area (Å²) in [4.78, 5) is 0. The third kappa shape index (κ3) is 4.68. The molecule has 0 N–H and O–H groups in total. The number of hydrogen-bond donors (Lipinski definition) is 0. The van der Waals surface area contributed by atoms with Gasteiger partial charge in [-0.05, 0) is 35.0 Å². The maximum Gasteiger partial charge on any atom is 0.636 e. The van der Waals surface area contributed by atoms with Gasteiger partial charge in [-0.25, -0.2) is 48.3 Å². The fourth-order valence-corrected chi connectivity index (χ4v) is 5.78. The molecule has 7 aromatic carbocycles. The smallest absolute Gasteiger partial charge is 0.521 e. The first-order valence-corrected chi connectivity index (χ1v) is 13.9. The molecule has 0 heterocycles. The lowest BCUT2D eigenvalue weighted by atomic mass is 9.73. The van der Waals surface area contributed by atoms with Crippen molar-refractivity contribution in [2.24, 2.45) is 0 Å². The Morgan fingerprint density at radius 3 is 1.66 bits per heavy atom. The summed E-state index contributed by atoms with van der Waals surface area (Å²) in [5.41, 5.74) is -2.47. The maximum absolute atomic E-state index is 16.2. The number of rotatable bonds is 6. The van der Waals surface area contributed by atoms with Crippen molar-refractivity contribution in [3.63, 3.8) is 0 Å². The number of benzene rings is 7. The third-order valence-corrected chi connectivity index (χ3v) is 8.03. The van der Waals surface area contributed by atoms with Crippen LogP contribution in [0.3, 0.4) is 0 Å². The van der Waals surface area contributed by atoms with Crippen LogP contribution in [0.15, 0.2) is 60.7 Å². The molecular formula is C34H10BF13O2. The highest BCUT2D eigenvalue weighted by atomic mass is 19.2. The molecule has 0 aromatic heterocycles. The number of halogens is 13. The summed E-state index contributed by atoms with van der Waals surface area (Å²) in [7, 11) is -2.85. The molecule has 7 aromatic rings. The zero-order valence-corrected chi connectivity index (χ0v) is 24.1. The predicted octanol–water partition coefficient (Wildman–Crippen LogP) is 9.91. The largest absolute Gasteiger partial charge is 0.636 e. The van der Waals surface area contributed by atoms with E-state index in [9.17, 15) is 39.5 Å². The van der Waals surface area contributed by atoms with Gasteiger partial charge in [0, 0.05) is 21.9 Å². The monoisotopic (exact) mass is 708 g/mol. The molecule has 0 radical (unpaired) electrons. The van der Waals surface area contributed by atoms with Gasteiger partial charge in [0.2, 0.25) is 29.1 Å². The Bertz CT molecular complexity index is 2530. The van der Waals surface area contributed by atoms with Gasteiger partial charge in [-0.3, -0.25) is 0 Å². The highest BCUT2D eigenvalue weighted by Crippen LogP contribution is 2.41. The van der Waals surface area contributed by atoms with Gasteiger partial charge in [0.05, 0.1) is 16.2 Å². The highest BCUT2D eigenvalue weighted by Gasteiger charge is 2.40. The third-order valence-electron chi connectivity index (χ3n) is 8.03. The van der Waals surface area contributed by atoms with E-state index in [1.807, 2.05) is 0 Å². The molecule has 0 spiro atoms. The zero-order chi connectivity index (χ0) is 35.9. The Kier molecular flexibility index (Phi) is 7.72. The molecule has 0 aliphatic heterocycles. The standard InChI is InChI=1S/C34H10BF13O2/c36-15-9-6-11-5-7-14-19-18(11)20(15)25(40)26(41)21(19)27(42)28(43)22(14)35(50-34-32(47)30(45)29(44)31(46)33(34)48)49-17-4-2-1-3-12(17)13-8-10-16(37)24(39)23(13)38/h1-10H. The van der Waals surface area contributed by atoms with Gasteiger partial charge in [0.1, 0.15) is 11.6 Å². The maximum atomic E-state index is 16.2. The van der Waals surface area contributed by atoms with Gasteiger partial charge in [-0.1, -0.05) is 36.4 Å². The van der Waals surface area contributed by atoms with Crippen LogP contribution in [0.25, 0.3) is 43.4 Å². The SMILES string of the molecule is Fc1ccc(-c2ccccc2OB(Oc2c(F)c(F)c(F)c(F)c2F)c2c(F)c(F)c3c(F)c(F)c4c(F)ccc5ccc2c3c54)c(F)c1F. The molecule has 0 aliphatic carbocycles. The summed E-state index contributed by atoms with van der Waals surface area (Å²) >= 11 is 0. The Balaban J connectivity index is 1.56. The lowest BCUT2D eigenvalue weighted by Crippen LogP contribution is -2.46. The van der Waals surface area contributed by atoms with Gasteiger partial charge in [0.15, 0.2) is 46.5 Å². The van der Waals surface area contributed by atoms with Crippen LogP contribution in [0.5, 0.6) is 11.5 Å². The second kappa shape index (κ2) is 11.7. The van der Waals surface area contributed by atoms with E-state index in [2.05, 4.69) is 0 Å². The summed E-state index contributed by atoms with van der Waals surface area (Å²) in [5, 5.41) is -4.29. The van der Waals surface area contributed by atoms with E-state index in [1.165, 1.54) is 6.07 Å². The van der Waals surface area contributed by atoms with Crippen LogP contribution in [0, 0.1) is 75.6 Å². The normalized spacial score (nSPS) is 11.7. The molecule has 2 nitrogen and oxygen atoms in total. The van der Waals surface area contributed by atoms with Crippen molar-refractivity contribution in [1.82, 2.24) is 0 Å². The molecule has 50 heavy (non-hydrogen) atoms. The van der Waals surface area contributed by atoms with Crippen molar-refractivity contribution in [3.8, 4) is 22.6 Å². The molecule has 0 amide bonds. The van der Waals surface area contributed by atoms with Crippen LogP contribution in [0.1, 0.15) is 0 Å². The second-order valence-corrected chi connectivity index (χ2v) is 10.7. The highest BCUT2D eigenvalue weighted by molar-refractivity contribution is 6.66. The molecule has 0 saturated heterocycles. The molecular weight excluding hydrogens is 698 g/mol. The topological polar surface area (TPSA) is 18.5 Å². The van der Waals surface area contributed by atoms with E-state index < -0.39 is 138 Å². The average Bonchev–Trinajstić information content (AvgIpc) is 3.10. The summed E-state index contributed by atoms with van der Waals surface area (Å²) in [6, 6.07) is 9.48. The summed E-state index contributed by atoms with van der Waals surface area (Å²) in [6.45, 7) is 0. The van der Waals surface area contributed by atoms with Gasteiger partial charge in [-0.15, -0.1) is 0 Å². The molecule has 0 unspecified atom stereocenters. The first-order chi connectivity index (χ1) is 23.7. The van der Waals surface area contributed by atoms with Crippen molar-refractivity contribution in [2.75, 3.05) is 0 Å². The first-order valence-electron chi connectivity index (χ1n) is 13.9. The van der Waals surface area contributed by atoms with E-state index >= 15 is 17.6 Å². The van der Waals surface area contributed by atoms with E-state index in [0.29, 0.717) is 6.07 Å². The minimum absolute atomic E-state index is 0.0351. The fraction of sp³-hybridized carbons (Fsp3) is 0. The van der Waals surface area contributed by atoms with Crippen LogP contribution < -0.4 is 14.8 Å². The molecule has 16 heteroatoms. The van der Waals surface area contributed by atoms with E-state index in [4.69, 9.17) is 9.31 Å². The van der Waals surface area contributed by atoms with Crippen LogP contribution >= 0.6 is 0 Å². The predicted molar refractivity (Wildman–Crippen MR) is 155 cm³/mol. The molecule has 0 fully saturated rings. The average molecular weight is 708 g/mol. The first kappa shape index (κ1) is 32.9. The Hall–Kier alpha value is -5.67. The van der Waals surface area contributed by atoms with E-state index in [1.54, 1.807) is 0 Å². The van der Waals surface area contributed by atoms with Gasteiger partial charge < -0.3 is 9.31 Å².